The fourth-order valence-corrected chi connectivity index (χ4v) is 2.39. The molecule has 0 heterocycles. The normalized spacial score (nSPS) is 13.1. The average Bonchev–Trinajstić information content (AvgIpc) is 2.50. The lowest BCUT2D eigenvalue weighted by Gasteiger charge is -2.27. The van der Waals surface area contributed by atoms with Crippen molar-refractivity contribution < 1.29 is 5.11 Å². The van der Waals surface area contributed by atoms with Gasteiger partial charge in [-0.05, 0) is 43.4 Å². The Balaban J connectivity index is 2.25. The summed E-state index contributed by atoms with van der Waals surface area (Å²) in [6.45, 7) is 5.39. The topological polar surface area (TPSA) is 32.3 Å². The standard InChI is InChI=1S/C18H23NOS/c1-18(2,21-3)13-19-17(14-7-5-4-6-8-14)15-9-11-16(20)12-10-15/h4-12,17,19-20H,13H2,1-3H3. The van der Waals surface area contributed by atoms with Gasteiger partial charge >= 0.3 is 0 Å². The van der Waals surface area contributed by atoms with Crippen LogP contribution in [0.25, 0.3) is 0 Å². The van der Waals surface area contributed by atoms with E-state index in [2.05, 4.69) is 49.7 Å². The maximum Gasteiger partial charge on any atom is 0.115 e. The number of benzene rings is 2. The van der Waals surface area contributed by atoms with Crippen LogP contribution in [0.4, 0.5) is 0 Å². The molecule has 2 N–H and O–H groups in total. The number of phenolic OH excluding ortho intramolecular Hbond substituents is 1. The number of hydrogen-bond acceptors (Lipinski definition) is 3. The Labute approximate surface area is 131 Å². The number of rotatable bonds is 6. The van der Waals surface area contributed by atoms with Crippen LogP contribution in [0.2, 0.25) is 0 Å². The van der Waals surface area contributed by atoms with Crippen LogP contribution in [0.5, 0.6) is 5.75 Å². The van der Waals surface area contributed by atoms with Crippen molar-refractivity contribution in [1.29, 1.82) is 0 Å². The number of aromatic hydroxyl groups is 1. The lowest BCUT2D eigenvalue weighted by atomic mass is 9.98. The second-order valence-electron chi connectivity index (χ2n) is 5.78. The number of thioether (sulfide) groups is 1. The van der Waals surface area contributed by atoms with Crippen LogP contribution < -0.4 is 5.32 Å². The summed E-state index contributed by atoms with van der Waals surface area (Å²) in [5.74, 6) is 0.301. The Morgan fingerprint density at radius 3 is 2.14 bits per heavy atom. The monoisotopic (exact) mass is 301 g/mol. The van der Waals surface area contributed by atoms with E-state index in [9.17, 15) is 5.11 Å². The van der Waals surface area contributed by atoms with Crippen LogP contribution in [0, 0.1) is 0 Å². The molecule has 2 aromatic carbocycles. The van der Waals surface area contributed by atoms with Gasteiger partial charge in [-0.15, -0.1) is 0 Å². The summed E-state index contributed by atoms with van der Waals surface area (Å²) in [4.78, 5) is 0. The number of hydrogen-bond donors (Lipinski definition) is 2. The van der Waals surface area contributed by atoms with Gasteiger partial charge in [0.05, 0.1) is 6.04 Å². The van der Waals surface area contributed by atoms with Crippen molar-refractivity contribution in [3.8, 4) is 5.75 Å². The number of phenols is 1. The molecular weight excluding hydrogens is 278 g/mol. The Bertz CT molecular complexity index is 551. The van der Waals surface area contributed by atoms with Gasteiger partial charge in [-0.3, -0.25) is 0 Å². The van der Waals surface area contributed by atoms with Gasteiger partial charge < -0.3 is 10.4 Å². The van der Waals surface area contributed by atoms with E-state index >= 15 is 0 Å². The summed E-state index contributed by atoms with van der Waals surface area (Å²) >= 11 is 1.86. The Morgan fingerprint density at radius 2 is 1.57 bits per heavy atom. The zero-order valence-corrected chi connectivity index (χ0v) is 13.7. The highest BCUT2D eigenvalue weighted by Crippen LogP contribution is 2.26. The van der Waals surface area contributed by atoms with Gasteiger partial charge in [0.25, 0.3) is 0 Å². The fraction of sp³-hybridized carbons (Fsp3) is 0.333. The van der Waals surface area contributed by atoms with E-state index in [1.54, 1.807) is 12.1 Å². The molecule has 0 bridgehead atoms. The molecule has 2 aromatic rings. The zero-order chi connectivity index (χ0) is 15.3. The van der Waals surface area contributed by atoms with Crippen LogP contribution in [0.3, 0.4) is 0 Å². The van der Waals surface area contributed by atoms with Crippen molar-refractivity contribution >= 4 is 11.8 Å². The Hall–Kier alpha value is -1.45. The Morgan fingerprint density at radius 1 is 1.00 bits per heavy atom. The summed E-state index contributed by atoms with van der Waals surface area (Å²) < 4.78 is 0.184. The molecule has 0 radical (unpaired) electrons. The molecule has 0 fully saturated rings. The van der Waals surface area contributed by atoms with Crippen LogP contribution >= 0.6 is 11.8 Å². The van der Waals surface area contributed by atoms with Crippen LogP contribution in [0.15, 0.2) is 54.6 Å². The molecule has 0 aromatic heterocycles. The molecule has 0 spiro atoms. The van der Waals surface area contributed by atoms with E-state index in [0.717, 1.165) is 12.1 Å². The molecule has 21 heavy (non-hydrogen) atoms. The van der Waals surface area contributed by atoms with Gasteiger partial charge in [-0.25, -0.2) is 0 Å². The van der Waals surface area contributed by atoms with E-state index in [-0.39, 0.29) is 10.8 Å². The quantitative estimate of drug-likeness (QED) is 0.838. The van der Waals surface area contributed by atoms with E-state index in [1.165, 1.54) is 5.56 Å². The lowest BCUT2D eigenvalue weighted by Crippen LogP contribution is -2.35. The predicted molar refractivity (Wildman–Crippen MR) is 92.0 cm³/mol. The van der Waals surface area contributed by atoms with Crippen molar-refractivity contribution in [1.82, 2.24) is 5.32 Å². The van der Waals surface area contributed by atoms with Gasteiger partial charge in [0.2, 0.25) is 0 Å². The summed E-state index contributed by atoms with van der Waals surface area (Å²) in [6.07, 6.45) is 2.14. The zero-order valence-electron chi connectivity index (χ0n) is 12.8. The molecule has 1 atom stereocenters. The van der Waals surface area contributed by atoms with Crippen LogP contribution in [-0.2, 0) is 0 Å². The molecule has 0 aliphatic carbocycles. The summed E-state index contributed by atoms with van der Waals surface area (Å²) in [7, 11) is 0. The van der Waals surface area contributed by atoms with Crippen molar-refractivity contribution in [2.75, 3.05) is 12.8 Å². The molecule has 2 nitrogen and oxygen atoms in total. The lowest BCUT2D eigenvalue weighted by molar-refractivity contribution is 0.474. The predicted octanol–water partition coefficient (Wildman–Crippen LogP) is 4.21. The molecule has 1 unspecified atom stereocenters. The third-order valence-corrected chi connectivity index (χ3v) is 4.89. The van der Waals surface area contributed by atoms with Crippen LogP contribution in [-0.4, -0.2) is 22.7 Å². The maximum absolute atomic E-state index is 9.48. The minimum Gasteiger partial charge on any atom is -0.508 e. The third-order valence-electron chi connectivity index (χ3n) is 3.64. The molecule has 0 saturated heterocycles. The van der Waals surface area contributed by atoms with E-state index < -0.39 is 0 Å². The first-order valence-electron chi connectivity index (χ1n) is 7.14. The minimum absolute atomic E-state index is 0.137. The highest BCUT2D eigenvalue weighted by molar-refractivity contribution is 7.99. The Kier molecular flexibility index (Phi) is 5.32. The van der Waals surface area contributed by atoms with Gasteiger partial charge in [-0.2, -0.15) is 11.8 Å². The van der Waals surface area contributed by atoms with Gasteiger partial charge in [0.15, 0.2) is 0 Å². The van der Waals surface area contributed by atoms with E-state index in [4.69, 9.17) is 0 Å². The molecule has 2 rings (SSSR count). The molecule has 0 aliphatic heterocycles. The largest absolute Gasteiger partial charge is 0.508 e. The van der Waals surface area contributed by atoms with Crippen molar-refractivity contribution in [3.05, 3.63) is 65.7 Å². The van der Waals surface area contributed by atoms with Gasteiger partial charge in [0.1, 0.15) is 5.75 Å². The molecule has 0 amide bonds. The summed E-state index contributed by atoms with van der Waals surface area (Å²) in [6, 6.07) is 18.0. The second kappa shape index (κ2) is 7.01. The highest BCUT2D eigenvalue weighted by Gasteiger charge is 2.20. The minimum atomic E-state index is 0.137. The SMILES string of the molecule is CSC(C)(C)CNC(c1ccccc1)c1ccc(O)cc1. The smallest absolute Gasteiger partial charge is 0.115 e. The van der Waals surface area contributed by atoms with Crippen molar-refractivity contribution in [2.24, 2.45) is 0 Å². The first kappa shape index (κ1) is 15.9. The van der Waals surface area contributed by atoms with Crippen molar-refractivity contribution in [3.63, 3.8) is 0 Å². The van der Waals surface area contributed by atoms with Crippen molar-refractivity contribution in [2.45, 2.75) is 24.6 Å². The first-order valence-corrected chi connectivity index (χ1v) is 8.37. The first-order chi connectivity index (χ1) is 10.0. The summed E-state index contributed by atoms with van der Waals surface area (Å²) in [5.41, 5.74) is 2.40. The third kappa shape index (κ3) is 4.51. The molecule has 0 saturated carbocycles. The molecular formula is C18H23NOS. The average molecular weight is 301 g/mol. The molecule has 112 valence electrons. The highest BCUT2D eigenvalue weighted by atomic mass is 32.2. The van der Waals surface area contributed by atoms with E-state index in [0.29, 0.717) is 5.75 Å². The fourth-order valence-electron chi connectivity index (χ4n) is 2.16. The van der Waals surface area contributed by atoms with Crippen LogP contribution in [0.1, 0.15) is 31.0 Å². The maximum atomic E-state index is 9.48. The number of nitrogens with one attached hydrogen (secondary N) is 1. The molecule has 3 heteroatoms. The molecule has 0 aliphatic rings. The van der Waals surface area contributed by atoms with E-state index in [1.807, 2.05) is 30.0 Å². The second-order valence-corrected chi connectivity index (χ2v) is 7.29. The summed E-state index contributed by atoms with van der Waals surface area (Å²) in [5, 5.41) is 13.1. The van der Waals surface area contributed by atoms with Gasteiger partial charge in [0, 0.05) is 11.3 Å². The van der Waals surface area contributed by atoms with Gasteiger partial charge in [-0.1, -0.05) is 42.5 Å².